The molecule has 1 aromatic carbocycles. The number of ether oxygens (including phenoxy) is 1. The second-order valence-electron chi connectivity index (χ2n) is 6.76. The number of rotatable bonds is 9. The predicted molar refractivity (Wildman–Crippen MR) is 114 cm³/mol. The fraction of sp³-hybridized carbons (Fsp3) is 0.300. The van der Waals surface area contributed by atoms with E-state index in [2.05, 4.69) is 20.8 Å². The molecule has 0 fully saturated rings. The molecule has 1 atom stereocenters. The number of aromatic nitrogens is 2. The zero-order chi connectivity index (χ0) is 21.5. The van der Waals surface area contributed by atoms with Crippen molar-refractivity contribution < 1.29 is 18.7 Å². The van der Waals surface area contributed by atoms with E-state index in [-0.39, 0.29) is 41.9 Å². The molecule has 10 heteroatoms. The van der Waals surface area contributed by atoms with Gasteiger partial charge in [-0.2, -0.15) is 0 Å². The quantitative estimate of drug-likeness (QED) is 0.516. The fourth-order valence-corrected chi connectivity index (χ4v) is 4.22. The Labute approximate surface area is 181 Å². The third kappa shape index (κ3) is 6.15. The van der Waals surface area contributed by atoms with Gasteiger partial charge >= 0.3 is 0 Å². The number of nitrogens with zero attached hydrogens (tertiary/aromatic N) is 2. The lowest BCUT2D eigenvalue weighted by atomic mass is 10.0. The summed E-state index contributed by atoms with van der Waals surface area (Å²) in [4.78, 5) is 25.5. The van der Waals surface area contributed by atoms with Crippen molar-refractivity contribution in [1.29, 1.82) is 0 Å². The van der Waals surface area contributed by atoms with E-state index in [9.17, 15) is 14.0 Å². The molecular weight excluding hydrogens is 427 g/mol. The first kappa shape index (κ1) is 22.0. The number of anilines is 1. The van der Waals surface area contributed by atoms with Gasteiger partial charge < -0.3 is 15.4 Å². The van der Waals surface area contributed by atoms with Crippen LogP contribution in [0.3, 0.4) is 0 Å². The van der Waals surface area contributed by atoms with E-state index in [1.54, 1.807) is 11.3 Å². The molecule has 0 radical (unpaired) electrons. The Morgan fingerprint density at radius 1 is 1.17 bits per heavy atom. The van der Waals surface area contributed by atoms with Crippen molar-refractivity contribution in [3.8, 4) is 0 Å². The van der Waals surface area contributed by atoms with E-state index in [0.717, 1.165) is 16.2 Å². The Kier molecular flexibility index (Phi) is 7.61. The summed E-state index contributed by atoms with van der Waals surface area (Å²) in [6.07, 6.45) is 0. The summed E-state index contributed by atoms with van der Waals surface area (Å²) in [5.41, 5.74) is 0.455. The van der Waals surface area contributed by atoms with Gasteiger partial charge in [-0.25, -0.2) is 4.39 Å². The average Bonchev–Trinajstić information content (AvgIpc) is 3.40. The standard InChI is InChI=1S/C20H21FN4O3S2/c1-12(2)18(15-4-3-9-29-15)23-16(26)10-28-11-17-24-25-20(30-17)19(27)22-14-7-5-13(21)6-8-14/h3-9,12,18H,10-11H2,1-2H3,(H,22,27)(H,23,26)/t18-/m0/s1. The van der Waals surface area contributed by atoms with Crippen LogP contribution in [-0.4, -0.2) is 28.6 Å². The normalized spacial score (nSPS) is 12.0. The van der Waals surface area contributed by atoms with Crippen LogP contribution in [0.4, 0.5) is 10.1 Å². The largest absolute Gasteiger partial charge is 0.364 e. The lowest BCUT2D eigenvalue weighted by Gasteiger charge is -2.21. The molecule has 0 aliphatic carbocycles. The molecule has 2 heterocycles. The smallest absolute Gasteiger partial charge is 0.286 e. The van der Waals surface area contributed by atoms with Crippen molar-refractivity contribution in [1.82, 2.24) is 15.5 Å². The van der Waals surface area contributed by atoms with Crippen molar-refractivity contribution in [2.24, 2.45) is 5.92 Å². The minimum Gasteiger partial charge on any atom is -0.364 e. The number of carbonyl (C=O) groups is 2. The van der Waals surface area contributed by atoms with Crippen LogP contribution in [0.25, 0.3) is 0 Å². The number of halogens is 1. The van der Waals surface area contributed by atoms with Crippen LogP contribution in [0, 0.1) is 11.7 Å². The van der Waals surface area contributed by atoms with Gasteiger partial charge in [0.2, 0.25) is 10.9 Å². The zero-order valence-corrected chi connectivity index (χ0v) is 18.1. The summed E-state index contributed by atoms with van der Waals surface area (Å²) in [7, 11) is 0. The van der Waals surface area contributed by atoms with Gasteiger partial charge in [0.15, 0.2) is 0 Å². The van der Waals surface area contributed by atoms with Gasteiger partial charge in [0.1, 0.15) is 24.0 Å². The van der Waals surface area contributed by atoms with E-state index in [1.807, 2.05) is 31.4 Å². The molecular formula is C20H21FN4O3S2. The summed E-state index contributed by atoms with van der Waals surface area (Å²) < 4.78 is 18.4. The number of hydrogen-bond donors (Lipinski definition) is 2. The Hall–Kier alpha value is -2.69. The highest BCUT2D eigenvalue weighted by atomic mass is 32.1. The second kappa shape index (κ2) is 10.4. The minimum atomic E-state index is -0.446. The van der Waals surface area contributed by atoms with E-state index >= 15 is 0 Å². The van der Waals surface area contributed by atoms with Crippen molar-refractivity contribution >= 4 is 40.2 Å². The van der Waals surface area contributed by atoms with E-state index < -0.39 is 5.91 Å². The average molecular weight is 449 g/mol. The second-order valence-corrected chi connectivity index (χ2v) is 8.80. The molecule has 2 amide bonds. The predicted octanol–water partition coefficient (Wildman–Crippen LogP) is 4.02. The summed E-state index contributed by atoms with van der Waals surface area (Å²) >= 11 is 2.67. The van der Waals surface area contributed by atoms with Gasteiger partial charge in [-0.1, -0.05) is 31.3 Å². The minimum absolute atomic E-state index is 0.0654. The van der Waals surface area contributed by atoms with Crippen LogP contribution < -0.4 is 10.6 Å². The molecule has 0 unspecified atom stereocenters. The molecule has 0 saturated carbocycles. The third-order valence-corrected chi connectivity index (χ3v) is 5.91. The third-order valence-electron chi connectivity index (χ3n) is 4.05. The molecule has 30 heavy (non-hydrogen) atoms. The lowest BCUT2D eigenvalue weighted by Crippen LogP contribution is -2.33. The number of amides is 2. The monoisotopic (exact) mass is 448 g/mol. The Bertz CT molecular complexity index is 974. The fourth-order valence-electron chi connectivity index (χ4n) is 2.60. The van der Waals surface area contributed by atoms with Gasteiger partial charge in [-0.15, -0.1) is 21.5 Å². The zero-order valence-electron chi connectivity index (χ0n) is 16.4. The molecule has 7 nitrogen and oxygen atoms in total. The number of carbonyl (C=O) groups excluding carboxylic acids is 2. The lowest BCUT2D eigenvalue weighted by molar-refractivity contribution is -0.127. The molecule has 0 aliphatic rings. The molecule has 0 aliphatic heterocycles. The first-order valence-electron chi connectivity index (χ1n) is 9.22. The van der Waals surface area contributed by atoms with E-state index in [0.29, 0.717) is 10.7 Å². The van der Waals surface area contributed by atoms with Crippen molar-refractivity contribution in [2.45, 2.75) is 26.5 Å². The molecule has 2 N–H and O–H groups in total. The number of nitrogens with one attached hydrogen (secondary N) is 2. The highest BCUT2D eigenvalue weighted by molar-refractivity contribution is 7.13. The van der Waals surface area contributed by atoms with Gasteiger partial charge in [-0.05, 0) is 41.6 Å². The highest BCUT2D eigenvalue weighted by Gasteiger charge is 2.19. The Balaban J connectivity index is 1.46. The summed E-state index contributed by atoms with van der Waals surface area (Å²) in [6, 6.07) is 9.30. The van der Waals surface area contributed by atoms with Gasteiger partial charge in [-0.3, -0.25) is 9.59 Å². The Morgan fingerprint density at radius 3 is 2.60 bits per heavy atom. The van der Waals surface area contributed by atoms with Crippen LogP contribution in [0.15, 0.2) is 41.8 Å². The van der Waals surface area contributed by atoms with Crippen LogP contribution in [-0.2, 0) is 16.1 Å². The molecule has 0 bridgehead atoms. The summed E-state index contributed by atoms with van der Waals surface area (Å²) in [6.45, 7) is 4.04. The van der Waals surface area contributed by atoms with Crippen molar-refractivity contribution in [2.75, 3.05) is 11.9 Å². The molecule has 0 saturated heterocycles. The van der Waals surface area contributed by atoms with Gasteiger partial charge in [0, 0.05) is 10.6 Å². The number of hydrogen-bond acceptors (Lipinski definition) is 7. The van der Waals surface area contributed by atoms with Crippen LogP contribution in [0.2, 0.25) is 0 Å². The molecule has 3 rings (SSSR count). The van der Waals surface area contributed by atoms with E-state index in [4.69, 9.17) is 4.74 Å². The number of thiophene rings is 1. The summed E-state index contributed by atoms with van der Waals surface area (Å²) in [5, 5.41) is 16.0. The first-order chi connectivity index (χ1) is 14.4. The first-order valence-corrected chi connectivity index (χ1v) is 10.9. The topological polar surface area (TPSA) is 93.2 Å². The highest BCUT2D eigenvalue weighted by Crippen LogP contribution is 2.25. The van der Waals surface area contributed by atoms with E-state index in [1.165, 1.54) is 24.3 Å². The Morgan fingerprint density at radius 2 is 1.93 bits per heavy atom. The van der Waals surface area contributed by atoms with Crippen LogP contribution in [0.5, 0.6) is 0 Å². The summed E-state index contributed by atoms with van der Waals surface area (Å²) in [5.74, 6) is -0.805. The molecule has 2 aromatic heterocycles. The maximum absolute atomic E-state index is 12.9. The number of benzene rings is 1. The molecule has 158 valence electrons. The van der Waals surface area contributed by atoms with Crippen molar-refractivity contribution in [3.05, 3.63) is 62.5 Å². The maximum Gasteiger partial charge on any atom is 0.286 e. The SMILES string of the molecule is CC(C)[C@H](NC(=O)COCc1nnc(C(=O)Nc2ccc(F)cc2)s1)c1cccs1. The van der Waals surface area contributed by atoms with Crippen molar-refractivity contribution in [3.63, 3.8) is 0 Å². The van der Waals surface area contributed by atoms with Gasteiger partial charge in [0.05, 0.1) is 6.04 Å². The maximum atomic E-state index is 12.9. The van der Waals surface area contributed by atoms with Crippen LogP contribution in [0.1, 0.15) is 39.6 Å². The van der Waals surface area contributed by atoms with Gasteiger partial charge in [0.25, 0.3) is 5.91 Å². The van der Waals surface area contributed by atoms with Crippen LogP contribution >= 0.6 is 22.7 Å². The molecule has 3 aromatic rings. The molecule has 0 spiro atoms.